The molecule has 0 heterocycles. The Bertz CT molecular complexity index is 1530. The summed E-state index contributed by atoms with van der Waals surface area (Å²) in [5, 5.41) is 3.96. The van der Waals surface area contributed by atoms with E-state index >= 15 is 0 Å². The highest BCUT2D eigenvalue weighted by Crippen LogP contribution is 2.28. The summed E-state index contributed by atoms with van der Waals surface area (Å²) in [4.78, 5) is 28.9. The lowest BCUT2D eigenvalue weighted by atomic mass is 10.1. The van der Waals surface area contributed by atoms with Gasteiger partial charge in [0, 0.05) is 18.1 Å². The van der Waals surface area contributed by atoms with Crippen LogP contribution >= 0.6 is 34.8 Å². The Hall–Kier alpha value is -2.78. The molecule has 1 N–H and O–H groups in total. The van der Waals surface area contributed by atoms with E-state index in [-0.39, 0.29) is 23.3 Å². The van der Waals surface area contributed by atoms with Gasteiger partial charge in [-0.25, -0.2) is 8.42 Å². The molecule has 1 atom stereocenters. The van der Waals surface area contributed by atoms with E-state index in [0.717, 1.165) is 15.4 Å². The number of anilines is 1. The Balaban J connectivity index is 2.09. The second-order valence-corrected chi connectivity index (χ2v) is 13.7. The fourth-order valence-corrected chi connectivity index (χ4v) is 6.17. The molecule has 3 aromatic carbocycles. The van der Waals surface area contributed by atoms with Crippen molar-refractivity contribution in [1.82, 2.24) is 10.2 Å². The molecule has 0 aliphatic carbocycles. The van der Waals surface area contributed by atoms with Crippen molar-refractivity contribution in [3.05, 3.63) is 92.4 Å². The van der Waals surface area contributed by atoms with Crippen LogP contribution in [-0.4, -0.2) is 44.3 Å². The normalized spacial score (nSPS) is 12.2. The van der Waals surface area contributed by atoms with Crippen molar-refractivity contribution in [3.8, 4) is 0 Å². The number of nitrogens with one attached hydrogen (secondary N) is 1. The van der Waals surface area contributed by atoms with Crippen molar-refractivity contribution < 1.29 is 18.0 Å². The number of hydrogen-bond acceptors (Lipinski definition) is 4. The van der Waals surface area contributed by atoms with Crippen LogP contribution < -0.4 is 9.62 Å². The van der Waals surface area contributed by atoms with Crippen molar-refractivity contribution in [3.63, 3.8) is 0 Å². The molecule has 0 saturated heterocycles. The number of carbonyl (C=O) groups excluding carboxylic acids is 2. The van der Waals surface area contributed by atoms with Gasteiger partial charge in [-0.2, -0.15) is 0 Å². The predicted octanol–water partition coefficient (Wildman–Crippen LogP) is 7.04. The van der Waals surface area contributed by atoms with Crippen molar-refractivity contribution in [1.29, 1.82) is 0 Å². The molecule has 0 fully saturated rings. The van der Waals surface area contributed by atoms with Crippen LogP contribution in [0.4, 0.5) is 5.69 Å². The van der Waals surface area contributed by atoms with Gasteiger partial charge in [0.1, 0.15) is 12.6 Å². The minimum Gasteiger partial charge on any atom is -0.354 e. The maximum absolute atomic E-state index is 14.2. The highest BCUT2D eigenvalue weighted by atomic mass is 35.5. The van der Waals surface area contributed by atoms with E-state index < -0.39 is 28.5 Å². The highest BCUT2D eigenvalue weighted by molar-refractivity contribution is 7.92. The minimum absolute atomic E-state index is 0.0179. The summed E-state index contributed by atoms with van der Waals surface area (Å²) >= 11 is 18.4. The van der Waals surface area contributed by atoms with Crippen molar-refractivity contribution >= 4 is 62.3 Å². The number of amides is 2. The van der Waals surface area contributed by atoms with E-state index in [1.807, 2.05) is 27.7 Å². The average Bonchev–Trinajstić information content (AvgIpc) is 2.94. The molecule has 0 unspecified atom stereocenters. The van der Waals surface area contributed by atoms with Crippen molar-refractivity contribution in [2.45, 2.75) is 58.5 Å². The Morgan fingerprint density at radius 3 is 2.12 bits per heavy atom. The number of sulfonamides is 1. The Morgan fingerprint density at radius 2 is 1.55 bits per heavy atom. The summed E-state index contributed by atoms with van der Waals surface area (Å²) in [6.45, 7) is 9.46. The molecule has 0 bridgehead atoms. The van der Waals surface area contributed by atoms with E-state index in [0.29, 0.717) is 39.3 Å². The molecule has 0 aliphatic rings. The fraction of sp³-hybridized carbons (Fsp3) is 0.355. The molecule has 0 aromatic heterocycles. The molecule has 0 saturated carbocycles. The third-order valence-electron chi connectivity index (χ3n) is 6.87. The largest absolute Gasteiger partial charge is 0.354 e. The summed E-state index contributed by atoms with van der Waals surface area (Å²) in [6.07, 6.45) is 0.310. The molecule has 42 heavy (non-hydrogen) atoms. The zero-order chi connectivity index (χ0) is 31.2. The number of halogens is 3. The van der Waals surface area contributed by atoms with E-state index in [4.69, 9.17) is 34.8 Å². The van der Waals surface area contributed by atoms with Crippen LogP contribution in [0.5, 0.6) is 0 Å². The molecular formula is C31H36Cl3N3O4S. The third kappa shape index (κ3) is 8.40. The van der Waals surface area contributed by atoms with Gasteiger partial charge >= 0.3 is 0 Å². The summed E-state index contributed by atoms with van der Waals surface area (Å²) in [7, 11) is -4.20. The Labute approximate surface area is 263 Å². The maximum Gasteiger partial charge on any atom is 0.264 e. The second-order valence-electron chi connectivity index (χ2n) is 10.6. The molecule has 0 spiro atoms. The Kier molecular flexibility index (Phi) is 11.7. The molecule has 226 valence electrons. The van der Waals surface area contributed by atoms with Crippen LogP contribution in [0.1, 0.15) is 43.9 Å². The van der Waals surface area contributed by atoms with Gasteiger partial charge in [0.05, 0.1) is 20.6 Å². The zero-order valence-corrected chi connectivity index (χ0v) is 27.4. The third-order valence-corrected chi connectivity index (χ3v) is 9.65. The first-order valence-corrected chi connectivity index (χ1v) is 16.2. The summed E-state index contributed by atoms with van der Waals surface area (Å²) in [5.41, 5.74) is 2.81. The van der Waals surface area contributed by atoms with Crippen LogP contribution in [0, 0.1) is 19.8 Å². The monoisotopic (exact) mass is 651 g/mol. The highest BCUT2D eigenvalue weighted by Gasteiger charge is 2.34. The molecule has 11 heteroatoms. The van der Waals surface area contributed by atoms with Gasteiger partial charge in [0.25, 0.3) is 10.0 Å². The molecule has 3 rings (SSSR count). The van der Waals surface area contributed by atoms with Gasteiger partial charge in [-0.15, -0.1) is 0 Å². The molecule has 0 aliphatic heterocycles. The fourth-order valence-electron chi connectivity index (χ4n) is 4.32. The van der Waals surface area contributed by atoms with Crippen LogP contribution in [0.25, 0.3) is 0 Å². The van der Waals surface area contributed by atoms with E-state index in [2.05, 4.69) is 5.32 Å². The first kappa shape index (κ1) is 33.7. The van der Waals surface area contributed by atoms with Gasteiger partial charge in [-0.05, 0) is 91.4 Å². The van der Waals surface area contributed by atoms with Gasteiger partial charge in [-0.1, -0.05) is 67.7 Å². The molecule has 0 radical (unpaired) electrons. The van der Waals surface area contributed by atoms with E-state index in [9.17, 15) is 18.0 Å². The van der Waals surface area contributed by atoms with Crippen molar-refractivity contribution in [2.75, 3.05) is 17.4 Å². The average molecular weight is 653 g/mol. The maximum atomic E-state index is 14.2. The SMILES string of the molecule is CC[C@H](C(=O)NCC(C)C)N(Cc1ccc(Cl)c(Cl)c1)C(=O)CN(c1ccc(C)c(C)c1)S(=O)(=O)c1ccc(Cl)cc1. The quantitative estimate of drug-likeness (QED) is 0.227. The van der Waals surface area contributed by atoms with Crippen LogP contribution in [0.2, 0.25) is 15.1 Å². The lowest BCUT2D eigenvalue weighted by molar-refractivity contribution is -0.140. The predicted molar refractivity (Wildman–Crippen MR) is 171 cm³/mol. The van der Waals surface area contributed by atoms with E-state index in [1.165, 1.54) is 29.2 Å². The Morgan fingerprint density at radius 1 is 0.881 bits per heavy atom. The number of aryl methyl sites for hydroxylation is 2. The molecule has 7 nitrogen and oxygen atoms in total. The van der Waals surface area contributed by atoms with E-state index in [1.54, 1.807) is 43.3 Å². The van der Waals surface area contributed by atoms with Gasteiger partial charge in [0.2, 0.25) is 11.8 Å². The number of benzene rings is 3. The standard InChI is InChI=1S/C31H36Cl3N3O4S/c1-6-29(31(39)35-17-20(2)3)36(18-23-8-14-27(33)28(34)16-23)30(38)19-37(25-11-7-21(4)22(5)15-25)42(40,41)26-12-9-24(32)10-13-26/h7-16,20,29H,6,17-19H2,1-5H3,(H,35,39)/t29-/m1/s1. The number of carbonyl (C=O) groups is 2. The topological polar surface area (TPSA) is 86.8 Å². The van der Waals surface area contributed by atoms with Crippen molar-refractivity contribution in [2.24, 2.45) is 5.92 Å². The minimum atomic E-state index is -4.20. The number of nitrogens with zero attached hydrogens (tertiary/aromatic N) is 2. The summed E-state index contributed by atoms with van der Waals surface area (Å²) < 4.78 is 29.1. The van der Waals surface area contributed by atoms with Gasteiger partial charge in [-0.3, -0.25) is 13.9 Å². The van der Waals surface area contributed by atoms with Gasteiger partial charge in [0.15, 0.2) is 0 Å². The summed E-state index contributed by atoms with van der Waals surface area (Å²) in [6, 6.07) is 15.1. The lowest BCUT2D eigenvalue weighted by Gasteiger charge is -2.33. The number of rotatable bonds is 12. The van der Waals surface area contributed by atoms with Gasteiger partial charge < -0.3 is 10.2 Å². The molecular weight excluding hydrogens is 617 g/mol. The molecule has 3 aromatic rings. The summed E-state index contributed by atoms with van der Waals surface area (Å²) in [5.74, 6) is -0.670. The molecule has 2 amide bonds. The first-order chi connectivity index (χ1) is 19.7. The van der Waals surface area contributed by atoms with Crippen LogP contribution in [0.3, 0.4) is 0 Å². The lowest BCUT2D eigenvalue weighted by Crippen LogP contribution is -2.52. The zero-order valence-electron chi connectivity index (χ0n) is 24.3. The second kappa shape index (κ2) is 14.6. The van der Waals surface area contributed by atoms with Crippen LogP contribution in [0.15, 0.2) is 65.6 Å². The smallest absolute Gasteiger partial charge is 0.264 e. The first-order valence-electron chi connectivity index (χ1n) is 13.6. The number of hydrogen-bond donors (Lipinski definition) is 1. The van der Waals surface area contributed by atoms with Crippen LogP contribution in [-0.2, 0) is 26.2 Å².